The van der Waals surface area contributed by atoms with Crippen molar-refractivity contribution in [3.05, 3.63) is 71.6 Å². The molecule has 0 atom stereocenters. The first-order chi connectivity index (χ1) is 9.04. The van der Waals surface area contributed by atoms with Crippen LogP contribution in [0.3, 0.4) is 0 Å². The molecule has 2 nitrogen and oxygen atoms in total. The topological polar surface area (TPSA) is 37.3 Å². The van der Waals surface area contributed by atoms with E-state index in [9.17, 15) is 9.18 Å². The third-order valence-corrected chi connectivity index (χ3v) is 2.25. The highest BCUT2D eigenvalue weighted by atomic mass is 19.1. The number of hydrogen-bond acceptors (Lipinski definition) is 1. The van der Waals surface area contributed by atoms with Crippen molar-refractivity contribution < 1.29 is 14.3 Å². The standard InChI is InChI=1S/C16H13FO2/c1-3-13(16(18)19)10-8-12(2)9-11-14-6-4-5-7-15(14)17/h3-8,10H,2H2,1H3,(H,18,19)/b10-8-,13-3+. The molecule has 96 valence electrons. The molecule has 0 saturated heterocycles. The third kappa shape index (κ3) is 4.64. The van der Waals surface area contributed by atoms with E-state index >= 15 is 0 Å². The van der Waals surface area contributed by atoms with Gasteiger partial charge in [0.25, 0.3) is 0 Å². The van der Waals surface area contributed by atoms with Gasteiger partial charge in [0.05, 0.1) is 11.1 Å². The average Bonchev–Trinajstić information content (AvgIpc) is 2.38. The molecule has 0 aromatic heterocycles. The lowest BCUT2D eigenvalue weighted by molar-refractivity contribution is -0.132. The van der Waals surface area contributed by atoms with Gasteiger partial charge in [-0.3, -0.25) is 0 Å². The van der Waals surface area contributed by atoms with Crippen LogP contribution in [-0.4, -0.2) is 11.1 Å². The molecule has 0 radical (unpaired) electrons. The van der Waals surface area contributed by atoms with Crippen LogP contribution in [0, 0.1) is 17.7 Å². The van der Waals surface area contributed by atoms with Crippen LogP contribution >= 0.6 is 0 Å². The van der Waals surface area contributed by atoms with Gasteiger partial charge >= 0.3 is 5.97 Å². The Labute approximate surface area is 111 Å². The van der Waals surface area contributed by atoms with Gasteiger partial charge in [-0.1, -0.05) is 36.6 Å². The quantitative estimate of drug-likeness (QED) is 0.511. The summed E-state index contributed by atoms with van der Waals surface area (Å²) in [5.41, 5.74) is 0.833. The SMILES string of the molecule is C=C(C#Cc1ccccc1F)/C=C\C(=C/C)C(=O)O. The van der Waals surface area contributed by atoms with Crippen LogP contribution in [0.5, 0.6) is 0 Å². The van der Waals surface area contributed by atoms with E-state index in [-0.39, 0.29) is 11.1 Å². The van der Waals surface area contributed by atoms with Gasteiger partial charge in [-0.25, -0.2) is 9.18 Å². The predicted molar refractivity (Wildman–Crippen MR) is 73.0 cm³/mol. The Kier molecular flexibility index (Phi) is 5.31. The van der Waals surface area contributed by atoms with E-state index in [1.165, 1.54) is 24.3 Å². The summed E-state index contributed by atoms with van der Waals surface area (Å²) in [6, 6.07) is 6.16. The number of carbonyl (C=O) groups is 1. The fraction of sp³-hybridized carbons (Fsp3) is 0.0625. The van der Waals surface area contributed by atoms with E-state index in [0.29, 0.717) is 5.57 Å². The zero-order valence-electron chi connectivity index (χ0n) is 10.5. The molecule has 0 amide bonds. The zero-order chi connectivity index (χ0) is 14.3. The summed E-state index contributed by atoms with van der Waals surface area (Å²) in [6.45, 7) is 5.29. The Morgan fingerprint density at radius 3 is 2.63 bits per heavy atom. The first kappa shape index (κ1) is 14.5. The molecular weight excluding hydrogens is 243 g/mol. The Bertz CT molecular complexity index is 613. The molecule has 3 heteroatoms. The number of rotatable bonds is 3. The van der Waals surface area contributed by atoms with Crippen molar-refractivity contribution in [3.63, 3.8) is 0 Å². The van der Waals surface area contributed by atoms with Crippen LogP contribution in [0.2, 0.25) is 0 Å². The monoisotopic (exact) mass is 256 g/mol. The summed E-state index contributed by atoms with van der Waals surface area (Å²) in [4.78, 5) is 10.7. The molecule has 1 rings (SSSR count). The Hall–Kier alpha value is -2.60. The molecule has 0 saturated carbocycles. The minimum absolute atomic E-state index is 0.147. The molecule has 0 aliphatic carbocycles. The Morgan fingerprint density at radius 2 is 2.05 bits per heavy atom. The minimum Gasteiger partial charge on any atom is -0.478 e. The first-order valence-electron chi connectivity index (χ1n) is 5.57. The Morgan fingerprint density at radius 1 is 1.37 bits per heavy atom. The highest BCUT2D eigenvalue weighted by Crippen LogP contribution is 2.05. The number of hydrogen-bond donors (Lipinski definition) is 1. The van der Waals surface area contributed by atoms with Gasteiger partial charge in [-0.2, -0.15) is 0 Å². The molecule has 0 heterocycles. The van der Waals surface area contributed by atoms with Crippen molar-refractivity contribution in [1.29, 1.82) is 0 Å². The molecule has 0 aliphatic rings. The summed E-state index contributed by atoms with van der Waals surface area (Å²) in [5.74, 6) is 3.89. The highest BCUT2D eigenvalue weighted by Gasteiger charge is 1.99. The van der Waals surface area contributed by atoms with Crippen molar-refractivity contribution >= 4 is 5.97 Å². The van der Waals surface area contributed by atoms with Gasteiger partial charge in [-0.05, 0) is 31.2 Å². The summed E-state index contributed by atoms with van der Waals surface area (Å²) in [7, 11) is 0. The van der Waals surface area contributed by atoms with Crippen LogP contribution < -0.4 is 0 Å². The fourth-order valence-corrected chi connectivity index (χ4v) is 1.23. The lowest BCUT2D eigenvalue weighted by Crippen LogP contribution is -1.96. The molecule has 1 aromatic carbocycles. The van der Waals surface area contributed by atoms with Gasteiger partial charge < -0.3 is 5.11 Å². The van der Waals surface area contributed by atoms with E-state index < -0.39 is 11.8 Å². The maximum Gasteiger partial charge on any atom is 0.335 e. The van der Waals surface area contributed by atoms with Crippen molar-refractivity contribution in [3.8, 4) is 11.8 Å². The van der Waals surface area contributed by atoms with Crippen molar-refractivity contribution in [1.82, 2.24) is 0 Å². The van der Waals surface area contributed by atoms with Crippen LogP contribution in [-0.2, 0) is 4.79 Å². The van der Waals surface area contributed by atoms with E-state index in [4.69, 9.17) is 5.11 Å². The largest absolute Gasteiger partial charge is 0.478 e. The van der Waals surface area contributed by atoms with Crippen LogP contribution in [0.1, 0.15) is 12.5 Å². The molecule has 0 spiro atoms. The fourth-order valence-electron chi connectivity index (χ4n) is 1.23. The Balaban J connectivity index is 2.81. The molecule has 0 fully saturated rings. The molecule has 19 heavy (non-hydrogen) atoms. The van der Waals surface area contributed by atoms with Gasteiger partial charge in [0.1, 0.15) is 5.82 Å². The number of carboxylic acids is 1. The van der Waals surface area contributed by atoms with Gasteiger partial charge in [0, 0.05) is 5.57 Å². The lowest BCUT2D eigenvalue weighted by Gasteiger charge is -1.93. The van der Waals surface area contributed by atoms with E-state index in [1.54, 1.807) is 25.1 Å². The molecule has 0 unspecified atom stereocenters. The number of halogens is 1. The molecule has 1 aromatic rings. The maximum atomic E-state index is 13.3. The molecule has 0 aliphatic heterocycles. The van der Waals surface area contributed by atoms with E-state index in [0.717, 1.165) is 0 Å². The normalized spacial score (nSPS) is 10.9. The van der Waals surface area contributed by atoms with Gasteiger partial charge in [0.2, 0.25) is 0 Å². The highest BCUT2D eigenvalue weighted by molar-refractivity contribution is 5.89. The molecular formula is C16H13FO2. The second-order valence-electron chi connectivity index (χ2n) is 3.64. The minimum atomic E-state index is -1.02. The predicted octanol–water partition coefficient (Wildman–Crippen LogP) is 3.32. The first-order valence-corrected chi connectivity index (χ1v) is 5.57. The zero-order valence-corrected chi connectivity index (χ0v) is 10.5. The van der Waals surface area contributed by atoms with Crippen molar-refractivity contribution in [2.45, 2.75) is 6.92 Å². The second kappa shape index (κ2) is 6.97. The van der Waals surface area contributed by atoms with Crippen molar-refractivity contribution in [2.75, 3.05) is 0 Å². The maximum absolute atomic E-state index is 13.3. The average molecular weight is 256 g/mol. The third-order valence-electron chi connectivity index (χ3n) is 2.25. The van der Waals surface area contributed by atoms with Crippen LogP contribution in [0.15, 0.2) is 60.2 Å². The number of carboxylic acid groups (broad SMARTS) is 1. The summed E-state index contributed by atoms with van der Waals surface area (Å²) in [6.07, 6.45) is 4.36. The second-order valence-corrected chi connectivity index (χ2v) is 3.64. The van der Waals surface area contributed by atoms with Crippen molar-refractivity contribution in [2.24, 2.45) is 0 Å². The lowest BCUT2D eigenvalue weighted by atomic mass is 10.1. The molecule has 0 bridgehead atoms. The smallest absolute Gasteiger partial charge is 0.335 e. The number of benzene rings is 1. The van der Waals surface area contributed by atoms with E-state index in [1.807, 2.05) is 0 Å². The van der Waals surface area contributed by atoms with Crippen LogP contribution in [0.25, 0.3) is 0 Å². The van der Waals surface area contributed by atoms with Gasteiger partial charge in [0.15, 0.2) is 0 Å². The van der Waals surface area contributed by atoms with Crippen LogP contribution in [0.4, 0.5) is 4.39 Å². The summed E-state index contributed by atoms with van der Waals surface area (Å²) >= 11 is 0. The van der Waals surface area contributed by atoms with E-state index in [2.05, 4.69) is 18.4 Å². The summed E-state index contributed by atoms with van der Waals surface area (Å²) in [5, 5.41) is 8.80. The molecule has 1 N–H and O–H groups in total. The number of aliphatic carboxylic acids is 1. The van der Waals surface area contributed by atoms with Gasteiger partial charge in [-0.15, -0.1) is 0 Å². The summed E-state index contributed by atoms with van der Waals surface area (Å²) < 4.78 is 13.3. The number of allylic oxidation sites excluding steroid dienone is 3.